The summed E-state index contributed by atoms with van der Waals surface area (Å²) in [5, 5.41) is 0. The molecule has 11 heteroatoms. The Kier molecular flexibility index (Phi) is 5.66. The van der Waals surface area contributed by atoms with Crippen molar-refractivity contribution in [3.8, 4) is 11.3 Å². The summed E-state index contributed by atoms with van der Waals surface area (Å²) in [7, 11) is 0. The van der Waals surface area contributed by atoms with E-state index in [0.717, 1.165) is 12.3 Å². The molecule has 3 heterocycles. The molecule has 7 nitrogen and oxygen atoms in total. The van der Waals surface area contributed by atoms with Crippen LogP contribution >= 0.6 is 0 Å². The molecule has 2 aromatic heterocycles. The predicted octanol–water partition coefficient (Wildman–Crippen LogP) is 4.03. The van der Waals surface area contributed by atoms with Crippen LogP contribution in [0, 0.1) is 5.82 Å². The molecule has 0 amide bonds. The van der Waals surface area contributed by atoms with E-state index in [-0.39, 0.29) is 34.3 Å². The molecule has 1 saturated heterocycles. The number of ether oxygens (including phenoxy) is 1. The van der Waals surface area contributed by atoms with Gasteiger partial charge in [-0.05, 0) is 37.1 Å². The van der Waals surface area contributed by atoms with E-state index in [1.54, 1.807) is 11.0 Å². The lowest BCUT2D eigenvalue weighted by Crippen LogP contribution is -2.38. The van der Waals surface area contributed by atoms with Crippen molar-refractivity contribution in [2.75, 3.05) is 36.9 Å². The van der Waals surface area contributed by atoms with E-state index >= 15 is 0 Å². The second-order valence-corrected chi connectivity index (χ2v) is 8.58. The molecule has 182 valence electrons. The van der Waals surface area contributed by atoms with Crippen LogP contribution < -0.4 is 10.6 Å². The number of nitrogens with zero attached hydrogens (tertiary/aromatic N) is 4. The monoisotopic (exact) mass is 487 g/mol. The zero-order valence-electron chi connectivity index (χ0n) is 18.5. The Hall–Kier alpha value is -3.60. The predicted molar refractivity (Wildman–Crippen MR) is 119 cm³/mol. The molecule has 1 aliphatic carbocycles. The highest BCUT2D eigenvalue weighted by Crippen LogP contribution is 2.51. The molecule has 35 heavy (non-hydrogen) atoms. The van der Waals surface area contributed by atoms with E-state index in [1.807, 2.05) is 0 Å². The van der Waals surface area contributed by atoms with Crippen molar-refractivity contribution in [3.63, 3.8) is 0 Å². The van der Waals surface area contributed by atoms with Gasteiger partial charge >= 0.3 is 6.18 Å². The number of hydrogen-bond acceptors (Lipinski definition) is 7. The summed E-state index contributed by atoms with van der Waals surface area (Å²) in [5.74, 6) is -1.22. The molecule has 3 aromatic rings. The zero-order valence-corrected chi connectivity index (χ0v) is 18.5. The SMILES string of the molecule is Nc1cc(C(F)(F)F)c(-c2cc(C3(C(=O)c4ccccc4F)CC3)nc(N3CCOCC3)n2)cn1. The maximum absolute atomic E-state index is 14.4. The number of ketones is 1. The summed E-state index contributed by atoms with van der Waals surface area (Å²) in [6, 6.07) is 7.77. The highest BCUT2D eigenvalue weighted by atomic mass is 19.4. The standard InChI is InChI=1S/C24H21F4N5O2/c25-17-4-2-1-3-14(17)21(34)23(5-6-23)19-12-18(31-22(32-19)33-7-9-35-10-8-33)15-13-30-20(29)11-16(15)24(26,27)28/h1-4,11-13H,5-10H2,(H2,29,30). The molecule has 0 radical (unpaired) electrons. The molecule has 0 bridgehead atoms. The minimum Gasteiger partial charge on any atom is -0.384 e. The van der Waals surface area contributed by atoms with Gasteiger partial charge in [-0.15, -0.1) is 0 Å². The molecule has 5 rings (SSSR count). The Morgan fingerprint density at radius 2 is 1.80 bits per heavy atom. The van der Waals surface area contributed by atoms with Gasteiger partial charge in [0, 0.05) is 24.8 Å². The van der Waals surface area contributed by atoms with E-state index in [2.05, 4.69) is 15.0 Å². The summed E-state index contributed by atoms with van der Waals surface area (Å²) in [5.41, 5.74) is 3.25. The molecule has 2 fully saturated rings. The number of anilines is 2. The van der Waals surface area contributed by atoms with Crippen LogP contribution in [0.2, 0.25) is 0 Å². The summed E-state index contributed by atoms with van der Waals surface area (Å²) >= 11 is 0. The van der Waals surface area contributed by atoms with Crippen molar-refractivity contribution in [1.29, 1.82) is 0 Å². The first kappa shape index (κ1) is 23.2. The second kappa shape index (κ2) is 8.56. The molecule has 2 N–H and O–H groups in total. The fraction of sp³-hybridized carbons (Fsp3) is 0.333. The van der Waals surface area contributed by atoms with Gasteiger partial charge in [-0.25, -0.2) is 19.3 Å². The number of rotatable bonds is 5. The number of benzene rings is 1. The summed E-state index contributed by atoms with van der Waals surface area (Å²) in [6.07, 6.45) is -2.90. The Labute approximate surface area is 198 Å². The average Bonchev–Trinajstić information content (AvgIpc) is 3.66. The van der Waals surface area contributed by atoms with Crippen molar-refractivity contribution in [3.05, 3.63) is 65.2 Å². The number of aromatic nitrogens is 3. The number of carbonyl (C=O) groups excluding carboxylic acids is 1. The van der Waals surface area contributed by atoms with Gasteiger partial charge in [0.1, 0.15) is 11.6 Å². The molecule has 0 unspecified atom stereocenters. The Bertz CT molecular complexity index is 1290. The third kappa shape index (κ3) is 4.31. The average molecular weight is 487 g/mol. The van der Waals surface area contributed by atoms with E-state index in [1.165, 1.54) is 24.3 Å². The Morgan fingerprint density at radius 1 is 1.09 bits per heavy atom. The van der Waals surface area contributed by atoms with E-state index < -0.39 is 28.8 Å². The molecule has 1 aromatic carbocycles. The van der Waals surface area contributed by atoms with E-state index in [9.17, 15) is 22.4 Å². The number of carbonyl (C=O) groups is 1. The number of hydrogen-bond donors (Lipinski definition) is 1. The fourth-order valence-electron chi connectivity index (χ4n) is 4.26. The highest BCUT2D eigenvalue weighted by Gasteiger charge is 2.53. The van der Waals surface area contributed by atoms with Crippen LogP contribution in [0.1, 0.15) is 34.5 Å². The van der Waals surface area contributed by atoms with Crippen molar-refractivity contribution in [2.45, 2.75) is 24.4 Å². The number of halogens is 4. The van der Waals surface area contributed by atoms with Gasteiger partial charge in [0.25, 0.3) is 0 Å². The van der Waals surface area contributed by atoms with Gasteiger partial charge in [-0.3, -0.25) is 4.79 Å². The lowest BCUT2D eigenvalue weighted by Gasteiger charge is -2.28. The number of nitrogens with two attached hydrogens (primary N) is 1. The first-order valence-electron chi connectivity index (χ1n) is 11.0. The van der Waals surface area contributed by atoms with Gasteiger partial charge in [0.15, 0.2) is 5.78 Å². The van der Waals surface area contributed by atoms with E-state index in [4.69, 9.17) is 10.5 Å². The van der Waals surface area contributed by atoms with Gasteiger partial charge in [-0.2, -0.15) is 13.2 Å². The number of morpholine rings is 1. The van der Waals surface area contributed by atoms with Gasteiger partial charge in [0.05, 0.1) is 41.1 Å². The van der Waals surface area contributed by atoms with Crippen molar-refractivity contribution in [1.82, 2.24) is 15.0 Å². The molecule has 0 atom stereocenters. The molecular formula is C24H21F4N5O2. The highest BCUT2D eigenvalue weighted by molar-refractivity contribution is 6.06. The van der Waals surface area contributed by atoms with Crippen LogP contribution in [0.5, 0.6) is 0 Å². The topological polar surface area (TPSA) is 94.2 Å². The first-order chi connectivity index (χ1) is 16.7. The zero-order chi connectivity index (χ0) is 24.8. The minimum atomic E-state index is -4.71. The van der Waals surface area contributed by atoms with Crippen molar-refractivity contribution >= 4 is 17.5 Å². The lowest BCUT2D eigenvalue weighted by atomic mass is 9.90. The maximum atomic E-state index is 14.4. The van der Waals surface area contributed by atoms with Gasteiger partial charge in [-0.1, -0.05) is 12.1 Å². The lowest BCUT2D eigenvalue weighted by molar-refractivity contribution is -0.137. The van der Waals surface area contributed by atoms with Crippen LogP contribution in [0.15, 0.2) is 42.6 Å². The quantitative estimate of drug-likeness (QED) is 0.429. The first-order valence-corrected chi connectivity index (χ1v) is 11.0. The summed E-state index contributed by atoms with van der Waals surface area (Å²) < 4.78 is 61.4. The van der Waals surface area contributed by atoms with Crippen LogP contribution in [0.25, 0.3) is 11.3 Å². The van der Waals surface area contributed by atoms with Crippen molar-refractivity contribution in [2.24, 2.45) is 0 Å². The Balaban J connectivity index is 1.67. The normalized spacial score (nSPS) is 17.3. The van der Waals surface area contributed by atoms with Crippen LogP contribution in [-0.4, -0.2) is 47.0 Å². The Morgan fingerprint density at radius 3 is 2.46 bits per heavy atom. The third-order valence-corrected chi connectivity index (χ3v) is 6.31. The molecule has 0 spiro atoms. The van der Waals surface area contributed by atoms with Crippen LogP contribution in [-0.2, 0) is 16.3 Å². The summed E-state index contributed by atoms with van der Waals surface area (Å²) in [6.45, 7) is 1.67. The fourth-order valence-corrected chi connectivity index (χ4v) is 4.26. The van der Waals surface area contributed by atoms with Crippen LogP contribution in [0.4, 0.5) is 29.3 Å². The molecular weight excluding hydrogens is 466 g/mol. The number of pyridine rings is 1. The molecule has 2 aliphatic rings. The summed E-state index contributed by atoms with van der Waals surface area (Å²) in [4.78, 5) is 28.1. The smallest absolute Gasteiger partial charge is 0.384 e. The number of nitrogen functional groups attached to an aromatic ring is 1. The minimum absolute atomic E-state index is 0.0380. The van der Waals surface area contributed by atoms with E-state index in [0.29, 0.717) is 39.1 Å². The largest absolute Gasteiger partial charge is 0.417 e. The van der Waals surface area contributed by atoms with Gasteiger partial charge in [0.2, 0.25) is 5.95 Å². The molecule has 1 aliphatic heterocycles. The molecule has 1 saturated carbocycles. The second-order valence-electron chi connectivity index (χ2n) is 8.58. The maximum Gasteiger partial charge on any atom is 0.417 e. The van der Waals surface area contributed by atoms with Crippen LogP contribution in [0.3, 0.4) is 0 Å². The third-order valence-electron chi connectivity index (χ3n) is 6.31. The van der Waals surface area contributed by atoms with Gasteiger partial charge < -0.3 is 15.4 Å². The number of alkyl halides is 3. The number of Topliss-reactive ketones (excluding diaryl/α,β-unsaturated/α-hetero) is 1. The van der Waals surface area contributed by atoms with Crippen molar-refractivity contribution < 1.29 is 27.1 Å².